The summed E-state index contributed by atoms with van der Waals surface area (Å²) in [6.45, 7) is 3.16. The molecule has 0 aliphatic carbocycles. The molecule has 0 saturated heterocycles. The lowest BCUT2D eigenvalue weighted by atomic mass is 10.2. The van der Waals surface area contributed by atoms with E-state index in [1.54, 1.807) is 0 Å². The van der Waals surface area contributed by atoms with Gasteiger partial charge in [0.25, 0.3) is 0 Å². The maximum absolute atomic E-state index is 8.90. The molecule has 2 aromatic rings. The number of rotatable bonds is 5. The molecule has 0 radical (unpaired) electrons. The Balaban J connectivity index is 2.42. The molecule has 0 aliphatic rings. The lowest BCUT2D eigenvalue weighted by Crippen LogP contribution is -2.20. The van der Waals surface area contributed by atoms with Crippen LogP contribution in [0.25, 0.3) is 11.0 Å². The zero-order valence-corrected chi connectivity index (χ0v) is 10.4. The van der Waals surface area contributed by atoms with E-state index in [1.807, 2.05) is 25.2 Å². The van der Waals surface area contributed by atoms with Gasteiger partial charge in [-0.05, 0) is 18.6 Å². The summed E-state index contributed by atoms with van der Waals surface area (Å²) in [6, 6.07) is 8.10. The van der Waals surface area contributed by atoms with Crippen molar-refractivity contribution >= 4 is 16.7 Å². The zero-order chi connectivity index (χ0) is 12.3. The van der Waals surface area contributed by atoms with E-state index < -0.39 is 0 Å². The summed E-state index contributed by atoms with van der Waals surface area (Å²) in [5.41, 5.74) is 2.10. The van der Waals surface area contributed by atoms with Crippen LogP contribution in [-0.2, 0) is 6.42 Å². The van der Waals surface area contributed by atoms with Gasteiger partial charge >= 0.3 is 0 Å². The van der Waals surface area contributed by atoms with Crippen LogP contribution in [0.5, 0.6) is 0 Å². The van der Waals surface area contributed by atoms with E-state index in [0.29, 0.717) is 0 Å². The first-order chi connectivity index (χ1) is 8.27. The molecule has 17 heavy (non-hydrogen) atoms. The summed E-state index contributed by atoms with van der Waals surface area (Å²) < 4.78 is 5.85. The number of benzene rings is 1. The number of hydrogen-bond acceptors (Lipinski definition) is 3. The minimum Gasteiger partial charge on any atom is -0.459 e. The van der Waals surface area contributed by atoms with Crippen LogP contribution in [0.3, 0.4) is 0 Å². The lowest BCUT2D eigenvalue weighted by molar-refractivity contribution is 0.290. The highest BCUT2D eigenvalue weighted by Crippen LogP contribution is 2.33. The lowest BCUT2D eigenvalue weighted by Gasteiger charge is -2.18. The normalized spacial score (nSPS) is 11.0. The van der Waals surface area contributed by atoms with Gasteiger partial charge in [-0.3, -0.25) is 0 Å². The quantitative estimate of drug-likeness (QED) is 0.862. The smallest absolute Gasteiger partial charge is 0.136 e. The number of nitrogens with zero attached hydrogens (tertiary/aromatic N) is 1. The molecule has 92 valence electrons. The fraction of sp³-hybridized carbons (Fsp3) is 0.429. The zero-order valence-electron chi connectivity index (χ0n) is 10.4. The molecule has 1 aromatic carbocycles. The highest BCUT2D eigenvalue weighted by molar-refractivity contribution is 5.92. The first-order valence-corrected chi connectivity index (χ1v) is 6.10. The first-order valence-electron chi connectivity index (χ1n) is 6.10. The molecule has 1 N–H and O–H groups in total. The molecule has 1 aromatic heterocycles. The maximum atomic E-state index is 8.90. The van der Waals surface area contributed by atoms with E-state index in [0.717, 1.165) is 41.8 Å². The number of aliphatic hydroxyl groups is 1. The average molecular weight is 233 g/mol. The van der Waals surface area contributed by atoms with Crippen molar-refractivity contribution in [3.63, 3.8) is 0 Å². The highest BCUT2D eigenvalue weighted by Gasteiger charge is 2.15. The minimum absolute atomic E-state index is 0.224. The van der Waals surface area contributed by atoms with Gasteiger partial charge < -0.3 is 14.4 Å². The number of hydrogen-bond donors (Lipinski definition) is 1. The van der Waals surface area contributed by atoms with E-state index in [9.17, 15) is 0 Å². The molecule has 1 heterocycles. The molecule has 3 nitrogen and oxygen atoms in total. The molecule has 2 rings (SSSR count). The Morgan fingerprint density at radius 2 is 2.06 bits per heavy atom. The van der Waals surface area contributed by atoms with Gasteiger partial charge in [0.2, 0.25) is 0 Å². The largest absolute Gasteiger partial charge is 0.459 e. The molecular formula is C14H19NO2. The molecule has 0 aliphatic heterocycles. The molecule has 0 bridgehead atoms. The van der Waals surface area contributed by atoms with E-state index >= 15 is 0 Å². The second kappa shape index (κ2) is 5.23. The third-order valence-corrected chi connectivity index (χ3v) is 2.99. The van der Waals surface area contributed by atoms with Gasteiger partial charge in [0.05, 0.1) is 5.69 Å². The monoisotopic (exact) mass is 233 g/mol. The third kappa shape index (κ3) is 2.29. The third-order valence-electron chi connectivity index (χ3n) is 2.99. The molecule has 0 saturated carbocycles. The Bertz CT molecular complexity index is 490. The molecule has 0 unspecified atom stereocenters. The Morgan fingerprint density at radius 3 is 2.76 bits per heavy atom. The minimum atomic E-state index is 0.224. The average Bonchev–Trinajstić information content (AvgIpc) is 2.74. The van der Waals surface area contributed by atoms with Crippen molar-refractivity contribution < 1.29 is 9.52 Å². The van der Waals surface area contributed by atoms with Crippen LogP contribution in [0.4, 0.5) is 5.69 Å². The molecule has 0 atom stereocenters. The predicted octanol–water partition coefficient (Wildman–Crippen LogP) is 2.81. The van der Waals surface area contributed by atoms with Crippen LogP contribution in [0.15, 0.2) is 28.7 Å². The second-order valence-electron chi connectivity index (χ2n) is 4.22. The molecule has 0 fully saturated rings. The number of para-hydroxylation sites is 1. The number of aliphatic hydroxyl groups excluding tert-OH is 1. The molecule has 3 heteroatoms. The van der Waals surface area contributed by atoms with Gasteiger partial charge in [-0.15, -0.1) is 0 Å². The van der Waals surface area contributed by atoms with E-state index in [-0.39, 0.29) is 6.61 Å². The second-order valence-corrected chi connectivity index (χ2v) is 4.22. The van der Waals surface area contributed by atoms with E-state index in [2.05, 4.69) is 17.9 Å². The van der Waals surface area contributed by atoms with Crippen molar-refractivity contribution in [1.82, 2.24) is 0 Å². The van der Waals surface area contributed by atoms with Gasteiger partial charge in [-0.2, -0.15) is 0 Å². The summed E-state index contributed by atoms with van der Waals surface area (Å²) in [7, 11) is 2.05. The Labute approximate surface area is 102 Å². The van der Waals surface area contributed by atoms with Crippen LogP contribution < -0.4 is 4.90 Å². The summed E-state index contributed by atoms with van der Waals surface area (Å²) in [5, 5.41) is 10.1. The number of aryl methyl sites for hydroxylation is 1. The molecule has 0 amide bonds. The maximum Gasteiger partial charge on any atom is 0.136 e. The van der Waals surface area contributed by atoms with Crippen LogP contribution in [-0.4, -0.2) is 25.3 Å². The van der Waals surface area contributed by atoms with Crippen molar-refractivity contribution in [2.24, 2.45) is 0 Å². The Morgan fingerprint density at radius 1 is 1.29 bits per heavy atom. The number of fused-ring (bicyclic) bond motifs is 1. The van der Waals surface area contributed by atoms with Crippen LogP contribution >= 0.6 is 0 Å². The highest BCUT2D eigenvalue weighted by atomic mass is 16.3. The molecular weight excluding hydrogens is 214 g/mol. The SMILES string of the molecule is CCc1oc2ccccc2c1N(C)CCCO. The number of anilines is 1. The standard InChI is InChI=1S/C14H19NO2/c1-3-12-14(15(2)9-6-10-16)11-7-4-5-8-13(11)17-12/h4-5,7-8,16H,3,6,9-10H2,1-2H3. The van der Waals surface area contributed by atoms with Crippen molar-refractivity contribution in [2.75, 3.05) is 25.1 Å². The first kappa shape index (κ1) is 12.0. The summed E-state index contributed by atoms with van der Waals surface area (Å²) >= 11 is 0. The predicted molar refractivity (Wildman–Crippen MR) is 70.6 cm³/mol. The Kier molecular flexibility index (Phi) is 3.69. The van der Waals surface area contributed by atoms with Gasteiger partial charge in [-0.1, -0.05) is 19.1 Å². The van der Waals surface area contributed by atoms with Gasteiger partial charge in [0.1, 0.15) is 11.3 Å². The summed E-state index contributed by atoms with van der Waals surface area (Å²) in [6.07, 6.45) is 1.66. The topological polar surface area (TPSA) is 36.6 Å². The van der Waals surface area contributed by atoms with Crippen molar-refractivity contribution in [2.45, 2.75) is 19.8 Å². The van der Waals surface area contributed by atoms with Gasteiger partial charge in [0, 0.05) is 32.0 Å². The van der Waals surface area contributed by atoms with E-state index in [1.165, 1.54) is 0 Å². The van der Waals surface area contributed by atoms with Crippen LogP contribution in [0, 0.1) is 0 Å². The number of furan rings is 1. The fourth-order valence-electron chi connectivity index (χ4n) is 2.16. The van der Waals surface area contributed by atoms with Crippen LogP contribution in [0.1, 0.15) is 19.1 Å². The summed E-state index contributed by atoms with van der Waals surface area (Å²) in [4.78, 5) is 2.17. The summed E-state index contributed by atoms with van der Waals surface area (Å²) in [5.74, 6) is 1.02. The van der Waals surface area contributed by atoms with Crippen molar-refractivity contribution in [3.05, 3.63) is 30.0 Å². The van der Waals surface area contributed by atoms with Gasteiger partial charge in [-0.25, -0.2) is 0 Å². The van der Waals surface area contributed by atoms with Crippen molar-refractivity contribution in [1.29, 1.82) is 0 Å². The van der Waals surface area contributed by atoms with Crippen LogP contribution in [0.2, 0.25) is 0 Å². The van der Waals surface area contributed by atoms with Gasteiger partial charge in [0.15, 0.2) is 0 Å². The fourth-order valence-corrected chi connectivity index (χ4v) is 2.16. The molecule has 0 spiro atoms. The van der Waals surface area contributed by atoms with E-state index in [4.69, 9.17) is 9.52 Å². The Hall–Kier alpha value is -1.48. The van der Waals surface area contributed by atoms with Crippen molar-refractivity contribution in [3.8, 4) is 0 Å².